The molecule has 0 heterocycles. The number of thioether (sulfide) groups is 1. The van der Waals surface area contributed by atoms with Gasteiger partial charge in [0.1, 0.15) is 0 Å². The highest BCUT2D eigenvalue weighted by molar-refractivity contribution is 7.98. The van der Waals surface area contributed by atoms with Gasteiger partial charge in [0.05, 0.1) is 0 Å². The molecule has 0 rings (SSSR count). The number of urea groups is 1. The minimum Gasteiger partial charge on any atom is -0.336 e. The van der Waals surface area contributed by atoms with Crippen LogP contribution in [0.3, 0.4) is 0 Å². The van der Waals surface area contributed by atoms with Gasteiger partial charge in [0.25, 0.3) is 0 Å². The number of rotatable bonds is 5. The summed E-state index contributed by atoms with van der Waals surface area (Å²) in [6.45, 7) is 5.99. The maximum absolute atomic E-state index is 11.3. The van der Waals surface area contributed by atoms with Crippen molar-refractivity contribution in [3.05, 3.63) is 0 Å². The minimum atomic E-state index is -0.0594. The van der Waals surface area contributed by atoms with Gasteiger partial charge in [-0.1, -0.05) is 6.92 Å². The first-order valence-corrected chi connectivity index (χ1v) is 6.05. The molecule has 4 heteroatoms. The van der Waals surface area contributed by atoms with Crippen molar-refractivity contribution >= 4 is 17.8 Å². The standard InChI is InChI=1S/C9H20N2OS/c1-5-8(6-13-4)11-9(12)10-7(2)3/h7-8H,5-6H2,1-4H3,(H2,10,11,12). The molecule has 0 radical (unpaired) electrons. The summed E-state index contributed by atoms with van der Waals surface area (Å²) in [6, 6.07) is 0.427. The van der Waals surface area contributed by atoms with Crippen molar-refractivity contribution in [2.75, 3.05) is 12.0 Å². The molecule has 0 saturated heterocycles. The molecule has 1 unspecified atom stereocenters. The molecule has 1 atom stereocenters. The van der Waals surface area contributed by atoms with E-state index in [-0.39, 0.29) is 18.1 Å². The van der Waals surface area contributed by atoms with Crippen LogP contribution >= 0.6 is 11.8 Å². The van der Waals surface area contributed by atoms with E-state index >= 15 is 0 Å². The van der Waals surface area contributed by atoms with Crippen LogP contribution in [0.15, 0.2) is 0 Å². The molecule has 78 valence electrons. The van der Waals surface area contributed by atoms with E-state index in [1.54, 1.807) is 11.8 Å². The van der Waals surface area contributed by atoms with Crippen LogP contribution in [0.4, 0.5) is 4.79 Å². The Kier molecular flexibility index (Phi) is 6.86. The van der Waals surface area contributed by atoms with Crippen LogP contribution in [-0.2, 0) is 0 Å². The summed E-state index contributed by atoms with van der Waals surface area (Å²) in [5.41, 5.74) is 0. The predicted octanol–water partition coefficient (Wildman–Crippen LogP) is 1.84. The number of carbonyl (C=O) groups excluding carboxylic acids is 1. The Hall–Kier alpha value is -0.380. The summed E-state index contributed by atoms with van der Waals surface area (Å²) >= 11 is 1.75. The summed E-state index contributed by atoms with van der Waals surface area (Å²) < 4.78 is 0. The molecule has 0 aromatic carbocycles. The first-order valence-electron chi connectivity index (χ1n) is 4.66. The van der Waals surface area contributed by atoms with Gasteiger partial charge in [-0.15, -0.1) is 0 Å². The Morgan fingerprint density at radius 1 is 1.38 bits per heavy atom. The molecule has 0 aromatic heterocycles. The molecule has 0 aliphatic heterocycles. The second-order valence-electron chi connectivity index (χ2n) is 3.33. The topological polar surface area (TPSA) is 41.1 Å². The predicted molar refractivity (Wildman–Crippen MR) is 59.3 cm³/mol. The van der Waals surface area contributed by atoms with Gasteiger partial charge in [0.15, 0.2) is 0 Å². The maximum Gasteiger partial charge on any atom is 0.315 e. The fourth-order valence-electron chi connectivity index (χ4n) is 0.952. The molecule has 0 bridgehead atoms. The van der Waals surface area contributed by atoms with Crippen molar-refractivity contribution in [2.24, 2.45) is 0 Å². The van der Waals surface area contributed by atoms with Crippen LogP contribution in [0.2, 0.25) is 0 Å². The van der Waals surface area contributed by atoms with E-state index in [0.717, 1.165) is 12.2 Å². The molecule has 0 saturated carbocycles. The fraction of sp³-hybridized carbons (Fsp3) is 0.889. The molecule has 0 aromatic rings. The summed E-state index contributed by atoms with van der Waals surface area (Å²) in [7, 11) is 0. The van der Waals surface area contributed by atoms with Gasteiger partial charge in [0.2, 0.25) is 0 Å². The van der Waals surface area contributed by atoms with Gasteiger partial charge in [0, 0.05) is 17.8 Å². The molecular weight excluding hydrogens is 184 g/mol. The van der Waals surface area contributed by atoms with Crippen molar-refractivity contribution in [1.82, 2.24) is 10.6 Å². The number of nitrogens with one attached hydrogen (secondary N) is 2. The Labute approximate surface area is 85.0 Å². The van der Waals surface area contributed by atoms with Crippen molar-refractivity contribution in [1.29, 1.82) is 0 Å². The highest BCUT2D eigenvalue weighted by Gasteiger charge is 2.09. The van der Waals surface area contributed by atoms with Gasteiger partial charge in [-0.2, -0.15) is 11.8 Å². The number of hydrogen-bond donors (Lipinski definition) is 2. The zero-order chi connectivity index (χ0) is 10.3. The lowest BCUT2D eigenvalue weighted by atomic mass is 10.3. The molecule has 2 amide bonds. The molecule has 0 aliphatic carbocycles. The van der Waals surface area contributed by atoms with Crippen LogP contribution < -0.4 is 10.6 Å². The van der Waals surface area contributed by atoms with E-state index in [9.17, 15) is 4.79 Å². The third-order valence-electron chi connectivity index (χ3n) is 1.62. The van der Waals surface area contributed by atoms with E-state index in [4.69, 9.17) is 0 Å². The van der Waals surface area contributed by atoms with E-state index < -0.39 is 0 Å². The van der Waals surface area contributed by atoms with Crippen molar-refractivity contribution < 1.29 is 4.79 Å². The highest BCUT2D eigenvalue weighted by atomic mass is 32.2. The molecule has 0 fully saturated rings. The van der Waals surface area contributed by atoms with E-state index in [0.29, 0.717) is 0 Å². The third kappa shape index (κ3) is 6.75. The van der Waals surface area contributed by atoms with Gasteiger partial charge in [-0.05, 0) is 26.5 Å². The first-order chi connectivity index (χ1) is 6.10. The fourth-order valence-corrected chi connectivity index (χ4v) is 1.67. The first kappa shape index (κ1) is 12.6. The van der Waals surface area contributed by atoms with E-state index in [2.05, 4.69) is 17.6 Å². The zero-order valence-corrected chi connectivity index (χ0v) is 9.70. The van der Waals surface area contributed by atoms with Gasteiger partial charge < -0.3 is 10.6 Å². The minimum absolute atomic E-state index is 0.0594. The van der Waals surface area contributed by atoms with Crippen LogP contribution in [0.1, 0.15) is 27.2 Å². The van der Waals surface area contributed by atoms with Gasteiger partial charge in [-0.25, -0.2) is 4.79 Å². The Balaban J connectivity index is 3.73. The van der Waals surface area contributed by atoms with E-state index in [1.807, 2.05) is 20.1 Å². The van der Waals surface area contributed by atoms with Crippen molar-refractivity contribution in [3.63, 3.8) is 0 Å². The SMILES string of the molecule is CCC(CSC)NC(=O)NC(C)C. The molecule has 0 aliphatic rings. The number of carbonyl (C=O) groups is 1. The van der Waals surface area contributed by atoms with Crippen LogP contribution in [-0.4, -0.2) is 30.1 Å². The zero-order valence-electron chi connectivity index (χ0n) is 8.89. The quantitative estimate of drug-likeness (QED) is 0.717. The van der Waals surface area contributed by atoms with Crippen LogP contribution in [0, 0.1) is 0 Å². The third-order valence-corrected chi connectivity index (χ3v) is 2.35. The van der Waals surface area contributed by atoms with Crippen molar-refractivity contribution in [3.8, 4) is 0 Å². The Morgan fingerprint density at radius 3 is 2.38 bits per heavy atom. The maximum atomic E-state index is 11.3. The molecular formula is C9H20N2OS. The normalized spacial score (nSPS) is 12.7. The van der Waals surface area contributed by atoms with E-state index in [1.165, 1.54) is 0 Å². The second kappa shape index (κ2) is 7.06. The molecule has 2 N–H and O–H groups in total. The summed E-state index contributed by atoms with van der Waals surface area (Å²) in [5, 5.41) is 5.73. The van der Waals surface area contributed by atoms with Crippen molar-refractivity contribution in [2.45, 2.75) is 39.3 Å². The average Bonchev–Trinajstić information content (AvgIpc) is 2.02. The largest absolute Gasteiger partial charge is 0.336 e. The Bertz CT molecular complexity index is 151. The molecule has 3 nitrogen and oxygen atoms in total. The molecule has 0 spiro atoms. The lowest BCUT2D eigenvalue weighted by Crippen LogP contribution is -2.45. The van der Waals surface area contributed by atoms with Crippen LogP contribution in [0.5, 0.6) is 0 Å². The number of hydrogen-bond acceptors (Lipinski definition) is 2. The van der Waals surface area contributed by atoms with Gasteiger partial charge in [-0.3, -0.25) is 0 Å². The smallest absolute Gasteiger partial charge is 0.315 e. The number of amides is 2. The molecule has 13 heavy (non-hydrogen) atoms. The summed E-state index contributed by atoms with van der Waals surface area (Å²) in [4.78, 5) is 11.3. The highest BCUT2D eigenvalue weighted by Crippen LogP contribution is 2.00. The summed E-state index contributed by atoms with van der Waals surface area (Å²) in [6.07, 6.45) is 3.02. The average molecular weight is 204 g/mol. The van der Waals surface area contributed by atoms with Crippen LogP contribution in [0.25, 0.3) is 0 Å². The summed E-state index contributed by atoms with van der Waals surface area (Å²) in [5.74, 6) is 0.974. The Morgan fingerprint density at radius 2 is 2.00 bits per heavy atom. The second-order valence-corrected chi connectivity index (χ2v) is 4.24. The monoisotopic (exact) mass is 204 g/mol. The van der Waals surface area contributed by atoms with Gasteiger partial charge >= 0.3 is 6.03 Å². The lowest BCUT2D eigenvalue weighted by Gasteiger charge is -2.17. The lowest BCUT2D eigenvalue weighted by molar-refractivity contribution is 0.235.